The summed E-state index contributed by atoms with van der Waals surface area (Å²) in [7, 11) is 3.64. The van der Waals surface area contributed by atoms with Crippen LogP contribution in [0.25, 0.3) is 0 Å². The number of hydrogen-bond acceptors (Lipinski definition) is 8. The standard InChI is InChI=1S/C12H13ClN2O7/c1-14-9-7(13)4-6(12(17)21-3)11(10(9)15(18)19)22-5-8(16)20-2/h4,14H,5H2,1-3H3. The van der Waals surface area contributed by atoms with Gasteiger partial charge in [0, 0.05) is 7.05 Å². The molecule has 1 aromatic rings. The summed E-state index contributed by atoms with van der Waals surface area (Å²) in [6.07, 6.45) is 0. The Morgan fingerprint density at radius 2 is 2.00 bits per heavy atom. The molecule has 0 spiro atoms. The van der Waals surface area contributed by atoms with Crippen LogP contribution in [0.3, 0.4) is 0 Å². The summed E-state index contributed by atoms with van der Waals surface area (Å²) in [5.41, 5.74) is -0.916. The number of ether oxygens (including phenoxy) is 3. The molecule has 9 nitrogen and oxygen atoms in total. The lowest BCUT2D eigenvalue weighted by Gasteiger charge is -2.13. The van der Waals surface area contributed by atoms with E-state index in [1.54, 1.807) is 0 Å². The first-order valence-electron chi connectivity index (χ1n) is 5.83. The molecule has 0 unspecified atom stereocenters. The molecule has 0 saturated heterocycles. The van der Waals surface area contributed by atoms with Crippen molar-refractivity contribution in [2.24, 2.45) is 0 Å². The van der Waals surface area contributed by atoms with Crippen LogP contribution in [0.4, 0.5) is 11.4 Å². The molecule has 0 radical (unpaired) electrons. The van der Waals surface area contributed by atoms with Crippen LogP contribution in [0.5, 0.6) is 5.75 Å². The third-order valence-electron chi connectivity index (χ3n) is 2.61. The van der Waals surface area contributed by atoms with Gasteiger partial charge in [0.2, 0.25) is 5.75 Å². The molecule has 120 valence electrons. The van der Waals surface area contributed by atoms with Crippen LogP contribution < -0.4 is 10.1 Å². The van der Waals surface area contributed by atoms with Crippen molar-refractivity contribution in [3.05, 3.63) is 26.8 Å². The van der Waals surface area contributed by atoms with Gasteiger partial charge in [0.25, 0.3) is 0 Å². The number of nitrogens with zero attached hydrogens (tertiary/aromatic N) is 1. The fourth-order valence-corrected chi connectivity index (χ4v) is 1.92. The van der Waals surface area contributed by atoms with E-state index in [0.717, 1.165) is 20.3 Å². The van der Waals surface area contributed by atoms with Gasteiger partial charge < -0.3 is 19.5 Å². The van der Waals surface area contributed by atoms with Gasteiger partial charge in [-0.2, -0.15) is 0 Å². The van der Waals surface area contributed by atoms with E-state index in [-0.39, 0.29) is 16.3 Å². The van der Waals surface area contributed by atoms with E-state index < -0.39 is 34.9 Å². The first kappa shape index (κ1) is 17.5. The van der Waals surface area contributed by atoms with Gasteiger partial charge in [-0.25, -0.2) is 9.59 Å². The van der Waals surface area contributed by atoms with Crippen LogP contribution in [-0.2, 0) is 14.3 Å². The van der Waals surface area contributed by atoms with Crippen molar-refractivity contribution >= 4 is 34.9 Å². The molecule has 1 aromatic carbocycles. The molecule has 0 heterocycles. The number of carbonyl (C=O) groups is 2. The number of methoxy groups -OCH3 is 2. The van der Waals surface area contributed by atoms with E-state index in [2.05, 4.69) is 14.8 Å². The fraction of sp³-hybridized carbons (Fsp3) is 0.333. The molecule has 0 aliphatic rings. The molecule has 22 heavy (non-hydrogen) atoms. The second-order valence-electron chi connectivity index (χ2n) is 3.82. The van der Waals surface area contributed by atoms with Crippen LogP contribution in [0.15, 0.2) is 6.07 Å². The second-order valence-corrected chi connectivity index (χ2v) is 4.23. The van der Waals surface area contributed by atoms with Crippen molar-refractivity contribution in [2.75, 3.05) is 33.2 Å². The average molecular weight is 333 g/mol. The number of anilines is 1. The molecule has 0 atom stereocenters. The van der Waals surface area contributed by atoms with Crippen LogP contribution in [0.1, 0.15) is 10.4 Å². The Hall–Kier alpha value is -2.55. The normalized spacial score (nSPS) is 9.82. The Bertz CT molecular complexity index is 618. The predicted molar refractivity (Wildman–Crippen MR) is 76.5 cm³/mol. The Labute approximate surface area is 130 Å². The molecule has 0 amide bonds. The summed E-state index contributed by atoms with van der Waals surface area (Å²) in [5, 5.41) is 13.8. The quantitative estimate of drug-likeness (QED) is 0.474. The highest BCUT2D eigenvalue weighted by molar-refractivity contribution is 6.34. The van der Waals surface area contributed by atoms with Gasteiger partial charge in [-0.3, -0.25) is 10.1 Å². The van der Waals surface area contributed by atoms with Crippen LogP contribution in [0, 0.1) is 10.1 Å². The molecular formula is C12H13ClN2O7. The van der Waals surface area contributed by atoms with Crippen molar-refractivity contribution in [1.29, 1.82) is 0 Å². The maximum atomic E-state index is 11.8. The first-order chi connectivity index (χ1) is 10.4. The summed E-state index contributed by atoms with van der Waals surface area (Å²) < 4.78 is 14.0. The second kappa shape index (κ2) is 7.46. The minimum Gasteiger partial charge on any atom is -0.474 e. The van der Waals surface area contributed by atoms with Crippen molar-refractivity contribution in [3.63, 3.8) is 0 Å². The third-order valence-corrected chi connectivity index (χ3v) is 2.90. The zero-order chi connectivity index (χ0) is 16.9. The van der Waals surface area contributed by atoms with E-state index in [1.165, 1.54) is 7.05 Å². The highest BCUT2D eigenvalue weighted by atomic mass is 35.5. The summed E-state index contributed by atoms with van der Waals surface area (Å²) in [6.45, 7) is -0.619. The molecular weight excluding hydrogens is 320 g/mol. The summed E-state index contributed by atoms with van der Waals surface area (Å²) in [4.78, 5) is 33.4. The number of esters is 2. The van der Waals surface area contributed by atoms with Gasteiger partial charge in [-0.1, -0.05) is 11.6 Å². The number of halogens is 1. The zero-order valence-electron chi connectivity index (χ0n) is 12.0. The Kier molecular flexibility index (Phi) is 5.93. The smallest absolute Gasteiger partial charge is 0.343 e. The lowest BCUT2D eigenvalue weighted by Crippen LogP contribution is -2.16. The average Bonchev–Trinajstić information content (AvgIpc) is 2.50. The van der Waals surface area contributed by atoms with E-state index in [9.17, 15) is 19.7 Å². The number of nitro groups is 1. The summed E-state index contributed by atoms with van der Waals surface area (Å²) in [6, 6.07) is 1.15. The monoisotopic (exact) mass is 332 g/mol. The van der Waals surface area contributed by atoms with E-state index in [1.807, 2.05) is 0 Å². The molecule has 0 aliphatic heterocycles. The van der Waals surface area contributed by atoms with Gasteiger partial charge in [-0.05, 0) is 6.07 Å². The number of nitrogens with one attached hydrogen (secondary N) is 1. The Morgan fingerprint density at radius 1 is 1.36 bits per heavy atom. The van der Waals surface area contributed by atoms with Crippen molar-refractivity contribution in [2.45, 2.75) is 0 Å². The molecule has 0 saturated carbocycles. The third kappa shape index (κ3) is 3.55. The minimum atomic E-state index is -0.896. The predicted octanol–water partition coefficient (Wildman–Crippen LogP) is 1.63. The van der Waals surface area contributed by atoms with Gasteiger partial charge in [0.15, 0.2) is 6.61 Å². The Morgan fingerprint density at radius 3 is 2.45 bits per heavy atom. The lowest BCUT2D eigenvalue weighted by molar-refractivity contribution is -0.384. The topological polar surface area (TPSA) is 117 Å². The van der Waals surface area contributed by atoms with Crippen LogP contribution in [0.2, 0.25) is 5.02 Å². The lowest BCUT2D eigenvalue weighted by atomic mass is 10.1. The molecule has 0 aliphatic carbocycles. The highest BCUT2D eigenvalue weighted by Gasteiger charge is 2.31. The van der Waals surface area contributed by atoms with Gasteiger partial charge in [0.05, 0.1) is 24.2 Å². The van der Waals surface area contributed by atoms with Gasteiger partial charge >= 0.3 is 17.6 Å². The van der Waals surface area contributed by atoms with Crippen molar-refractivity contribution in [3.8, 4) is 5.75 Å². The first-order valence-corrected chi connectivity index (χ1v) is 6.21. The molecule has 1 rings (SSSR count). The molecule has 1 N–H and O–H groups in total. The summed E-state index contributed by atoms with van der Waals surface area (Å²) in [5.74, 6) is -2.10. The molecule has 0 fully saturated rings. The zero-order valence-corrected chi connectivity index (χ0v) is 12.7. The van der Waals surface area contributed by atoms with Crippen molar-refractivity contribution < 1.29 is 28.7 Å². The van der Waals surface area contributed by atoms with E-state index in [0.29, 0.717) is 0 Å². The number of benzene rings is 1. The van der Waals surface area contributed by atoms with Gasteiger partial charge in [-0.15, -0.1) is 0 Å². The van der Waals surface area contributed by atoms with E-state index in [4.69, 9.17) is 16.3 Å². The largest absolute Gasteiger partial charge is 0.474 e. The van der Waals surface area contributed by atoms with Crippen molar-refractivity contribution in [1.82, 2.24) is 0 Å². The molecule has 0 aromatic heterocycles. The fourth-order valence-electron chi connectivity index (χ4n) is 1.63. The van der Waals surface area contributed by atoms with Crippen LogP contribution >= 0.6 is 11.6 Å². The molecule has 0 bridgehead atoms. The number of hydrogen-bond donors (Lipinski definition) is 1. The number of nitro benzene ring substituents is 1. The van der Waals surface area contributed by atoms with E-state index >= 15 is 0 Å². The van der Waals surface area contributed by atoms with Gasteiger partial charge in [0.1, 0.15) is 11.3 Å². The summed E-state index contributed by atoms with van der Waals surface area (Å²) >= 11 is 5.92. The molecule has 10 heteroatoms. The number of rotatable bonds is 6. The maximum absolute atomic E-state index is 11.8. The Balaban J connectivity index is 3.53. The highest BCUT2D eigenvalue weighted by Crippen LogP contribution is 2.43. The minimum absolute atomic E-state index is 0.0563. The maximum Gasteiger partial charge on any atom is 0.343 e. The SMILES string of the molecule is CNc1c(Cl)cc(C(=O)OC)c(OCC(=O)OC)c1[N+](=O)[O-]. The van der Waals surface area contributed by atoms with Crippen LogP contribution in [-0.4, -0.2) is 44.7 Å². The number of carbonyl (C=O) groups excluding carboxylic acids is 2.